The molecule has 0 amide bonds. The summed E-state index contributed by atoms with van der Waals surface area (Å²) in [4.78, 5) is 12.5. The first-order valence-electron chi connectivity index (χ1n) is 4.02. The highest BCUT2D eigenvalue weighted by Crippen LogP contribution is 2.25. The summed E-state index contributed by atoms with van der Waals surface area (Å²) in [6.07, 6.45) is 1.51. The summed E-state index contributed by atoms with van der Waals surface area (Å²) < 4.78 is 5.68. The number of thiophene rings is 1. The Morgan fingerprint density at radius 1 is 1.43 bits per heavy atom. The van der Waals surface area contributed by atoms with E-state index < -0.39 is 0 Å². The number of halogens is 1. The first kappa shape index (κ1) is 9.49. The number of aryl methyl sites for hydroxylation is 1. The Kier molecular flexibility index (Phi) is 2.44. The van der Waals surface area contributed by atoms with Crippen molar-refractivity contribution in [2.75, 3.05) is 0 Å². The summed E-state index contributed by atoms with van der Waals surface area (Å²) in [5.41, 5.74) is 0.600. The fourth-order valence-electron chi connectivity index (χ4n) is 1.19. The molecular weight excluding hydrogens is 220 g/mol. The Hall–Kier alpha value is -1.06. The number of furan rings is 1. The monoisotopic (exact) mass is 226 g/mol. The van der Waals surface area contributed by atoms with Crippen molar-refractivity contribution in [3.8, 4) is 0 Å². The first-order chi connectivity index (χ1) is 6.68. The van der Waals surface area contributed by atoms with E-state index in [1.165, 1.54) is 17.6 Å². The smallest absolute Gasteiger partial charge is 0.206 e. The average Bonchev–Trinajstić information content (AvgIpc) is 2.73. The Morgan fingerprint density at radius 2 is 2.21 bits per heavy atom. The van der Waals surface area contributed by atoms with Crippen molar-refractivity contribution in [2.45, 2.75) is 6.92 Å². The molecule has 2 aromatic rings. The van der Waals surface area contributed by atoms with Crippen molar-refractivity contribution in [1.29, 1.82) is 0 Å². The van der Waals surface area contributed by atoms with Crippen molar-refractivity contribution in [2.24, 2.45) is 0 Å². The van der Waals surface area contributed by atoms with Crippen molar-refractivity contribution in [1.82, 2.24) is 0 Å². The van der Waals surface area contributed by atoms with E-state index in [0.717, 1.165) is 0 Å². The fraction of sp³-hybridized carbons (Fsp3) is 0.100. The number of rotatable bonds is 2. The highest BCUT2D eigenvalue weighted by molar-refractivity contribution is 7.18. The molecule has 0 aliphatic carbocycles. The Balaban J connectivity index is 2.38. The van der Waals surface area contributed by atoms with Crippen LogP contribution >= 0.6 is 22.9 Å². The third-order valence-electron chi connectivity index (χ3n) is 1.90. The third kappa shape index (κ3) is 1.61. The molecule has 0 unspecified atom stereocenters. The highest BCUT2D eigenvalue weighted by atomic mass is 35.5. The molecule has 0 spiro atoms. The summed E-state index contributed by atoms with van der Waals surface area (Å²) in [6.45, 7) is 1.77. The van der Waals surface area contributed by atoms with E-state index in [4.69, 9.17) is 16.0 Å². The summed E-state index contributed by atoms with van der Waals surface area (Å²) in [5.74, 6) is 0.604. The van der Waals surface area contributed by atoms with E-state index in [9.17, 15) is 4.79 Å². The maximum Gasteiger partial charge on any atom is 0.206 e. The lowest BCUT2D eigenvalue weighted by molar-refractivity contribution is 0.104. The molecule has 2 nitrogen and oxygen atoms in total. The van der Waals surface area contributed by atoms with Gasteiger partial charge in [-0.15, -0.1) is 11.3 Å². The molecule has 4 heteroatoms. The van der Waals surface area contributed by atoms with E-state index in [1.54, 1.807) is 25.1 Å². The molecule has 2 heterocycles. The SMILES string of the molecule is Cc1occc1C(=O)c1ccc(Cl)s1. The molecule has 0 saturated carbocycles. The largest absolute Gasteiger partial charge is 0.469 e. The molecule has 0 saturated heterocycles. The van der Waals surface area contributed by atoms with Gasteiger partial charge in [-0.05, 0) is 25.1 Å². The minimum atomic E-state index is -0.0341. The molecular formula is C10H7ClO2S. The molecule has 14 heavy (non-hydrogen) atoms. The van der Waals surface area contributed by atoms with Gasteiger partial charge in [0, 0.05) is 0 Å². The fourth-order valence-corrected chi connectivity index (χ4v) is 2.19. The van der Waals surface area contributed by atoms with Crippen molar-refractivity contribution in [3.63, 3.8) is 0 Å². The van der Waals surface area contributed by atoms with E-state index in [0.29, 0.717) is 20.5 Å². The van der Waals surface area contributed by atoms with Crippen LogP contribution in [0.25, 0.3) is 0 Å². The third-order valence-corrected chi connectivity index (χ3v) is 3.13. The van der Waals surface area contributed by atoms with E-state index in [-0.39, 0.29) is 5.78 Å². The van der Waals surface area contributed by atoms with Gasteiger partial charge in [0.25, 0.3) is 0 Å². The van der Waals surface area contributed by atoms with Crippen LogP contribution in [0.5, 0.6) is 0 Å². The lowest BCUT2D eigenvalue weighted by Crippen LogP contribution is -1.97. The normalized spacial score (nSPS) is 10.4. The van der Waals surface area contributed by atoms with Gasteiger partial charge < -0.3 is 4.42 Å². The summed E-state index contributed by atoms with van der Waals surface area (Å²) in [6, 6.07) is 5.11. The molecule has 0 bridgehead atoms. The van der Waals surface area contributed by atoms with Crippen LogP contribution in [-0.4, -0.2) is 5.78 Å². The zero-order valence-corrected chi connectivity index (χ0v) is 8.98. The van der Waals surface area contributed by atoms with Crippen LogP contribution in [0.3, 0.4) is 0 Å². The number of ketones is 1. The van der Waals surface area contributed by atoms with Crippen molar-refractivity contribution < 1.29 is 9.21 Å². The quantitative estimate of drug-likeness (QED) is 0.734. The maximum atomic E-state index is 11.8. The molecule has 0 fully saturated rings. The molecule has 0 aromatic carbocycles. The first-order valence-corrected chi connectivity index (χ1v) is 5.22. The predicted molar refractivity (Wildman–Crippen MR) is 56.2 cm³/mol. The minimum absolute atomic E-state index is 0.0341. The molecule has 2 rings (SSSR count). The lowest BCUT2D eigenvalue weighted by Gasteiger charge is -1.93. The van der Waals surface area contributed by atoms with Crippen molar-refractivity contribution in [3.05, 3.63) is 45.0 Å². The van der Waals surface area contributed by atoms with Gasteiger partial charge in [0.1, 0.15) is 5.76 Å². The molecule has 0 radical (unpaired) electrons. The lowest BCUT2D eigenvalue weighted by atomic mass is 10.1. The molecule has 0 aliphatic rings. The van der Waals surface area contributed by atoms with Gasteiger partial charge in [0.2, 0.25) is 5.78 Å². The Bertz CT molecular complexity index is 470. The number of hydrogen-bond acceptors (Lipinski definition) is 3. The molecule has 72 valence electrons. The van der Waals surface area contributed by atoms with Crippen molar-refractivity contribution >= 4 is 28.7 Å². The van der Waals surface area contributed by atoms with Gasteiger partial charge in [-0.2, -0.15) is 0 Å². The van der Waals surface area contributed by atoms with Gasteiger partial charge >= 0.3 is 0 Å². The standard InChI is InChI=1S/C10H7ClO2S/c1-6-7(4-5-13-6)10(12)8-2-3-9(11)14-8/h2-5H,1H3. The van der Waals surface area contributed by atoms with Crippen LogP contribution in [0.2, 0.25) is 4.34 Å². The average molecular weight is 227 g/mol. The Morgan fingerprint density at radius 3 is 2.71 bits per heavy atom. The minimum Gasteiger partial charge on any atom is -0.469 e. The van der Waals surface area contributed by atoms with E-state index >= 15 is 0 Å². The maximum absolute atomic E-state index is 11.8. The van der Waals surface area contributed by atoms with E-state index in [1.807, 2.05) is 0 Å². The summed E-state index contributed by atoms with van der Waals surface area (Å²) in [7, 11) is 0. The number of carbonyl (C=O) groups is 1. The topological polar surface area (TPSA) is 30.2 Å². The molecule has 2 aromatic heterocycles. The molecule has 0 N–H and O–H groups in total. The summed E-state index contributed by atoms with van der Waals surface area (Å²) >= 11 is 7.03. The van der Waals surface area contributed by atoms with Crippen LogP contribution in [0.1, 0.15) is 21.0 Å². The van der Waals surface area contributed by atoms with Crippen LogP contribution in [0.4, 0.5) is 0 Å². The summed E-state index contributed by atoms with van der Waals surface area (Å²) in [5, 5.41) is 0. The molecule has 0 atom stereocenters. The van der Waals surface area contributed by atoms with Gasteiger partial charge in [-0.3, -0.25) is 4.79 Å². The van der Waals surface area contributed by atoms with Gasteiger partial charge in [0.05, 0.1) is 21.0 Å². The number of hydrogen-bond donors (Lipinski definition) is 0. The molecule has 0 aliphatic heterocycles. The number of carbonyl (C=O) groups excluding carboxylic acids is 1. The predicted octanol–water partition coefficient (Wildman–Crippen LogP) is 3.53. The van der Waals surface area contributed by atoms with Crippen LogP contribution in [0, 0.1) is 6.92 Å². The van der Waals surface area contributed by atoms with Gasteiger partial charge in [-0.25, -0.2) is 0 Å². The zero-order valence-electron chi connectivity index (χ0n) is 7.41. The Labute approximate surface area is 90.1 Å². The second-order valence-corrected chi connectivity index (χ2v) is 4.54. The van der Waals surface area contributed by atoms with E-state index in [2.05, 4.69) is 0 Å². The van der Waals surface area contributed by atoms with Gasteiger partial charge in [-0.1, -0.05) is 11.6 Å². The van der Waals surface area contributed by atoms with Crippen LogP contribution in [0.15, 0.2) is 28.9 Å². The van der Waals surface area contributed by atoms with Gasteiger partial charge in [0.15, 0.2) is 0 Å². The van der Waals surface area contributed by atoms with Crippen LogP contribution in [-0.2, 0) is 0 Å². The second kappa shape index (κ2) is 3.59. The second-order valence-electron chi connectivity index (χ2n) is 2.82. The van der Waals surface area contributed by atoms with Crippen LogP contribution < -0.4 is 0 Å². The zero-order chi connectivity index (χ0) is 10.1. The highest BCUT2D eigenvalue weighted by Gasteiger charge is 2.15.